The fraction of sp³-hybridized carbons (Fsp3) is 0. The number of nitrogens with zero attached hydrogens (tertiary/aromatic N) is 4. The molecule has 0 atom stereocenters. The molecule has 5 nitrogen and oxygen atoms in total. The van der Waals surface area contributed by atoms with Crippen molar-refractivity contribution in [3.05, 3.63) is 340 Å². The molecule has 14 aromatic rings. The van der Waals surface area contributed by atoms with Crippen LogP contribution in [0.15, 0.2) is 350 Å². The smallest absolute Gasteiger partial charge is 0.256 e. The normalized spacial score (nSPS) is 12.7. The van der Waals surface area contributed by atoms with Crippen molar-refractivity contribution in [1.82, 2.24) is 0 Å². The minimum Gasteiger partial charge on any atom is -0.458 e. The van der Waals surface area contributed by atoms with Crippen LogP contribution in [-0.4, -0.2) is 13.4 Å². The van der Waals surface area contributed by atoms with Crippen LogP contribution in [0.3, 0.4) is 0 Å². The largest absolute Gasteiger partial charge is 0.458 e. The zero-order valence-electron chi connectivity index (χ0n) is 50.1. The number of fused-ring (bicyclic) bond motifs is 8. The highest BCUT2D eigenvalue weighted by molar-refractivity contribution is 8.00. The second kappa shape index (κ2) is 22.2. The molecule has 4 heterocycles. The molecule has 18 rings (SSSR count). The summed E-state index contributed by atoms with van der Waals surface area (Å²) in [6.45, 7) is -0.270. The summed E-state index contributed by atoms with van der Waals surface area (Å²) in [4.78, 5) is 12.3. The van der Waals surface area contributed by atoms with Gasteiger partial charge in [0.05, 0.1) is 11.4 Å². The summed E-state index contributed by atoms with van der Waals surface area (Å²) in [5, 5.41) is 0. The molecular formula is C84H56B2N4OS. The van der Waals surface area contributed by atoms with Gasteiger partial charge in [-0.2, -0.15) is 0 Å². The van der Waals surface area contributed by atoms with Crippen LogP contribution in [0.2, 0.25) is 0 Å². The predicted octanol–water partition coefficient (Wildman–Crippen LogP) is 18.8. The van der Waals surface area contributed by atoms with Gasteiger partial charge in [0.1, 0.15) is 11.5 Å². The number of hydrogen-bond donors (Lipinski definition) is 0. The lowest BCUT2D eigenvalue weighted by molar-refractivity contribution is 0.487. The van der Waals surface area contributed by atoms with Crippen LogP contribution >= 0.6 is 11.8 Å². The molecule has 8 heteroatoms. The molecule has 4 aliphatic heterocycles. The van der Waals surface area contributed by atoms with E-state index in [4.69, 9.17) is 4.74 Å². The van der Waals surface area contributed by atoms with Crippen LogP contribution in [0, 0.1) is 0 Å². The van der Waals surface area contributed by atoms with Crippen molar-refractivity contribution in [2.24, 2.45) is 0 Å². The summed E-state index contributed by atoms with van der Waals surface area (Å²) in [6, 6.07) is 124. The zero-order valence-corrected chi connectivity index (χ0v) is 50.9. The van der Waals surface area contributed by atoms with Gasteiger partial charge in [-0.25, -0.2) is 0 Å². The van der Waals surface area contributed by atoms with E-state index in [0.717, 1.165) is 102 Å². The Balaban J connectivity index is 0.890. The van der Waals surface area contributed by atoms with Crippen LogP contribution < -0.4 is 57.1 Å². The fourth-order valence-electron chi connectivity index (χ4n) is 14.7. The first-order valence-electron chi connectivity index (χ1n) is 31.5. The molecule has 0 unspecified atom stereocenters. The maximum atomic E-state index is 7.31. The first-order valence-corrected chi connectivity index (χ1v) is 32.4. The molecule has 0 N–H and O–H groups in total. The molecule has 14 aromatic carbocycles. The Morgan fingerprint density at radius 1 is 0.261 bits per heavy atom. The Labute approximate surface area is 541 Å². The molecule has 92 heavy (non-hydrogen) atoms. The van der Waals surface area contributed by atoms with Crippen molar-refractivity contribution in [1.29, 1.82) is 0 Å². The Hall–Kier alpha value is -11.4. The molecule has 0 aliphatic carbocycles. The molecule has 0 saturated heterocycles. The van der Waals surface area contributed by atoms with Gasteiger partial charge in [-0.15, -0.1) is 0 Å². The molecule has 0 amide bonds. The van der Waals surface area contributed by atoms with E-state index in [9.17, 15) is 0 Å². The minimum absolute atomic E-state index is 0.107. The van der Waals surface area contributed by atoms with E-state index in [1.165, 1.54) is 53.9 Å². The van der Waals surface area contributed by atoms with E-state index >= 15 is 0 Å². The third kappa shape index (κ3) is 8.97. The molecule has 0 bridgehead atoms. The Kier molecular flexibility index (Phi) is 13.0. The number of anilines is 12. The van der Waals surface area contributed by atoms with Crippen LogP contribution in [0.1, 0.15) is 0 Å². The lowest BCUT2D eigenvalue weighted by Gasteiger charge is -2.44. The molecule has 0 saturated carbocycles. The topological polar surface area (TPSA) is 22.2 Å². The van der Waals surface area contributed by atoms with E-state index in [2.05, 4.69) is 359 Å². The second-order valence-corrected chi connectivity index (χ2v) is 25.0. The average molecular weight is 1190 g/mol. The third-order valence-electron chi connectivity index (χ3n) is 18.7. The van der Waals surface area contributed by atoms with Crippen LogP contribution in [0.25, 0.3) is 33.4 Å². The van der Waals surface area contributed by atoms with E-state index in [0.29, 0.717) is 0 Å². The van der Waals surface area contributed by atoms with Gasteiger partial charge in [0.15, 0.2) is 0 Å². The monoisotopic (exact) mass is 1190 g/mol. The summed E-state index contributed by atoms with van der Waals surface area (Å²) >= 11 is 1.90. The maximum Gasteiger partial charge on any atom is 0.256 e. The van der Waals surface area contributed by atoms with Gasteiger partial charge < -0.3 is 24.3 Å². The van der Waals surface area contributed by atoms with Crippen LogP contribution in [-0.2, 0) is 0 Å². The molecule has 4 aliphatic rings. The summed E-state index contributed by atoms with van der Waals surface area (Å²) in [7, 11) is 0. The third-order valence-corrected chi connectivity index (χ3v) is 19.8. The van der Waals surface area contributed by atoms with E-state index in [1.807, 2.05) is 11.8 Å². The maximum absolute atomic E-state index is 7.31. The summed E-state index contributed by atoms with van der Waals surface area (Å²) in [5.74, 6) is 1.71. The first-order chi connectivity index (χ1) is 45.6. The van der Waals surface area contributed by atoms with E-state index < -0.39 is 0 Å². The molecular weight excluding hydrogens is 1130 g/mol. The average Bonchev–Trinajstić information content (AvgIpc) is 0.760. The van der Waals surface area contributed by atoms with Gasteiger partial charge in [-0.1, -0.05) is 248 Å². The SMILES string of the molecule is c1ccc(-c2ccc(N(c3ccc(-c4ccccc4)cc3)c3cc4c5c(c3)N(c3ccccc3)c3ccccc3B5c3cc5c(cc3S4)N(c3ccccc3-c3ccccc3)c3cc(N(c4ccccc4)c4ccccc4)cc4c3B5c3ccccc3O4)cc2)cc1. The molecule has 0 spiro atoms. The summed E-state index contributed by atoms with van der Waals surface area (Å²) in [6.07, 6.45) is 0. The van der Waals surface area contributed by atoms with Gasteiger partial charge in [-0.3, -0.25) is 0 Å². The summed E-state index contributed by atoms with van der Waals surface area (Å²) in [5.41, 5.74) is 27.4. The first kappa shape index (κ1) is 53.6. The quantitative estimate of drug-likeness (QED) is 0.120. The minimum atomic E-state index is -0.163. The Morgan fingerprint density at radius 3 is 1.33 bits per heavy atom. The zero-order chi connectivity index (χ0) is 60.6. The van der Waals surface area contributed by atoms with Crippen molar-refractivity contribution in [2.75, 3.05) is 19.6 Å². The van der Waals surface area contributed by atoms with Crippen molar-refractivity contribution < 1.29 is 4.74 Å². The fourth-order valence-corrected chi connectivity index (χ4v) is 15.9. The number of hydrogen-bond acceptors (Lipinski definition) is 6. The molecule has 0 aromatic heterocycles. The predicted molar refractivity (Wildman–Crippen MR) is 388 cm³/mol. The Morgan fingerprint density at radius 2 is 0.717 bits per heavy atom. The van der Waals surface area contributed by atoms with Crippen LogP contribution in [0.5, 0.6) is 11.5 Å². The number of para-hydroxylation sites is 6. The molecule has 430 valence electrons. The van der Waals surface area contributed by atoms with E-state index in [-0.39, 0.29) is 13.4 Å². The van der Waals surface area contributed by atoms with Crippen molar-refractivity contribution in [3.63, 3.8) is 0 Å². The van der Waals surface area contributed by atoms with Crippen molar-refractivity contribution in [3.8, 4) is 44.9 Å². The standard InChI is InChI=1S/C84H56B2N4OS/c1-7-25-57(26-8-1)59-43-47-65(48-44-59)88(66-49-45-60(46-50-66)58-27-9-2-10-28-58)68-52-78-84-82(54-68)92-81-56-76-72(55-73(81)85(84)70-38-20-23-41-75(70)89(78)64-35-17-6-18-36-64)86-71-39-21-24-42-79(71)91-80-53-67(87(62-31-13-4-14-32-62)63-33-15-5-16-34-63)51-77(83(80)86)90(76)74-40-22-19-37-69(74)61-29-11-3-12-30-61/h1-56H. The van der Waals surface area contributed by atoms with Gasteiger partial charge >= 0.3 is 0 Å². The lowest BCUT2D eigenvalue weighted by atomic mass is 9.31. The summed E-state index contributed by atoms with van der Waals surface area (Å²) < 4.78 is 7.31. The highest BCUT2D eigenvalue weighted by atomic mass is 32.2. The highest BCUT2D eigenvalue weighted by Crippen LogP contribution is 2.51. The number of benzene rings is 14. The van der Waals surface area contributed by atoms with Gasteiger partial charge in [-0.05, 0) is 158 Å². The lowest BCUT2D eigenvalue weighted by Crippen LogP contribution is -2.63. The van der Waals surface area contributed by atoms with Crippen molar-refractivity contribution >= 4 is 126 Å². The van der Waals surface area contributed by atoms with Gasteiger partial charge in [0.25, 0.3) is 6.71 Å². The van der Waals surface area contributed by atoms with Gasteiger partial charge in [0.2, 0.25) is 6.71 Å². The van der Waals surface area contributed by atoms with Crippen molar-refractivity contribution in [2.45, 2.75) is 9.79 Å². The molecule has 0 radical (unpaired) electrons. The van der Waals surface area contributed by atoms with Crippen LogP contribution in [0.4, 0.5) is 68.2 Å². The molecule has 0 fully saturated rings. The highest BCUT2D eigenvalue weighted by Gasteiger charge is 2.47. The number of rotatable bonds is 11. The van der Waals surface area contributed by atoms with Gasteiger partial charge in [0, 0.05) is 78.3 Å². The van der Waals surface area contributed by atoms with E-state index in [1.54, 1.807) is 0 Å². The Bertz CT molecular complexity index is 5000. The second-order valence-electron chi connectivity index (χ2n) is 23.9. The number of ether oxygens (including phenoxy) is 1.